The Kier molecular flexibility index (Phi) is 1.91. The largest absolute Gasteiger partial charge is 0.368 e. The predicted molar refractivity (Wildman–Crippen MR) is 37.3 cm³/mol. The molecule has 1 aromatic heterocycles. The number of carbonyl (C=O) groups is 1. The molecule has 54 valence electrons. The summed E-state index contributed by atoms with van der Waals surface area (Å²) in [6, 6.07) is 0. The van der Waals surface area contributed by atoms with E-state index in [9.17, 15) is 4.79 Å². The van der Waals surface area contributed by atoms with E-state index >= 15 is 0 Å². The van der Waals surface area contributed by atoms with Crippen LogP contribution >= 0.6 is 12.6 Å². The number of aromatic amines is 1. The number of primary amides is 1. The highest BCUT2D eigenvalue weighted by Crippen LogP contribution is 2.13. The van der Waals surface area contributed by atoms with E-state index in [1.165, 1.54) is 6.20 Å². The van der Waals surface area contributed by atoms with Crippen LogP contribution in [0.25, 0.3) is 0 Å². The number of hydrogen-bond donors (Lipinski definition) is 3. The Morgan fingerprint density at radius 1 is 1.90 bits per heavy atom. The fourth-order valence-corrected chi connectivity index (χ4v) is 0.612. The van der Waals surface area contributed by atoms with Crippen molar-refractivity contribution in [2.45, 2.75) is 5.25 Å². The smallest absolute Gasteiger partial charge is 0.236 e. The molecule has 1 unspecified atom stereocenters. The standard InChI is InChI=1S/C4H6N4OS/c5-4(9)3(10)2-1-6-8-7-2/h1,3,10H,(H2,5,9)(H,6,7,8). The number of carbonyl (C=O) groups excluding carboxylic acids is 1. The number of thiol groups is 1. The Morgan fingerprint density at radius 3 is 3.00 bits per heavy atom. The number of H-pyrrole nitrogens is 1. The van der Waals surface area contributed by atoms with Crippen LogP contribution in [0.4, 0.5) is 0 Å². The van der Waals surface area contributed by atoms with Gasteiger partial charge in [-0.25, -0.2) is 0 Å². The van der Waals surface area contributed by atoms with E-state index in [0.717, 1.165) is 0 Å². The quantitative estimate of drug-likeness (QED) is 0.495. The normalized spacial score (nSPS) is 12.9. The van der Waals surface area contributed by atoms with Crippen molar-refractivity contribution in [3.8, 4) is 0 Å². The maximum absolute atomic E-state index is 10.5. The Bertz CT molecular complexity index is 221. The SMILES string of the molecule is NC(=O)C(S)c1cn[nH]n1. The van der Waals surface area contributed by atoms with Crippen LogP contribution in [0.3, 0.4) is 0 Å². The van der Waals surface area contributed by atoms with Gasteiger partial charge in [-0.05, 0) is 0 Å². The molecule has 3 N–H and O–H groups in total. The molecule has 0 aromatic carbocycles. The van der Waals surface area contributed by atoms with E-state index in [1.807, 2.05) is 0 Å². The number of amides is 1. The average molecular weight is 158 g/mol. The van der Waals surface area contributed by atoms with Gasteiger partial charge in [-0.1, -0.05) is 0 Å². The van der Waals surface area contributed by atoms with Gasteiger partial charge in [0.1, 0.15) is 10.9 Å². The Balaban J connectivity index is 2.77. The summed E-state index contributed by atoms with van der Waals surface area (Å²) in [4.78, 5) is 10.5. The first-order valence-corrected chi connectivity index (χ1v) is 3.06. The molecule has 0 fully saturated rings. The zero-order valence-corrected chi connectivity index (χ0v) is 5.88. The molecule has 0 saturated carbocycles. The predicted octanol–water partition coefficient (Wildman–Crippen LogP) is -0.739. The Hall–Kier alpha value is -1.04. The number of nitrogens with two attached hydrogens (primary N) is 1. The second-order valence-electron chi connectivity index (χ2n) is 1.70. The summed E-state index contributed by atoms with van der Waals surface area (Å²) in [5, 5.41) is 8.80. The van der Waals surface area contributed by atoms with Crippen molar-refractivity contribution < 1.29 is 4.79 Å². The van der Waals surface area contributed by atoms with Crippen molar-refractivity contribution in [1.82, 2.24) is 15.4 Å². The zero-order chi connectivity index (χ0) is 7.56. The third-order valence-electron chi connectivity index (χ3n) is 0.983. The summed E-state index contributed by atoms with van der Waals surface area (Å²) in [7, 11) is 0. The molecule has 0 aliphatic carbocycles. The molecule has 10 heavy (non-hydrogen) atoms. The van der Waals surface area contributed by atoms with Crippen LogP contribution in [-0.4, -0.2) is 21.3 Å². The summed E-state index contributed by atoms with van der Waals surface area (Å²) < 4.78 is 0. The second-order valence-corrected chi connectivity index (χ2v) is 2.22. The molecule has 0 saturated heterocycles. The zero-order valence-electron chi connectivity index (χ0n) is 4.98. The molecule has 1 heterocycles. The summed E-state index contributed by atoms with van der Waals surface area (Å²) in [5.74, 6) is -0.530. The summed E-state index contributed by atoms with van der Waals surface area (Å²) in [6.07, 6.45) is 1.41. The van der Waals surface area contributed by atoms with Crippen LogP contribution in [0.1, 0.15) is 10.9 Å². The highest BCUT2D eigenvalue weighted by Gasteiger charge is 2.14. The van der Waals surface area contributed by atoms with Gasteiger partial charge in [0.2, 0.25) is 5.91 Å². The van der Waals surface area contributed by atoms with Gasteiger partial charge in [-0.2, -0.15) is 28.0 Å². The van der Waals surface area contributed by atoms with Crippen LogP contribution in [0, 0.1) is 0 Å². The molecule has 1 atom stereocenters. The fraction of sp³-hybridized carbons (Fsp3) is 0.250. The van der Waals surface area contributed by atoms with Crippen molar-refractivity contribution in [2.24, 2.45) is 5.73 Å². The van der Waals surface area contributed by atoms with Crippen LogP contribution < -0.4 is 5.73 Å². The van der Waals surface area contributed by atoms with Crippen molar-refractivity contribution in [3.05, 3.63) is 11.9 Å². The monoisotopic (exact) mass is 158 g/mol. The van der Waals surface area contributed by atoms with Gasteiger partial charge in [0, 0.05) is 0 Å². The van der Waals surface area contributed by atoms with Gasteiger partial charge in [0.05, 0.1) is 6.20 Å². The third-order valence-corrected chi connectivity index (χ3v) is 1.50. The lowest BCUT2D eigenvalue weighted by Crippen LogP contribution is -2.17. The van der Waals surface area contributed by atoms with E-state index < -0.39 is 11.2 Å². The minimum Gasteiger partial charge on any atom is -0.368 e. The fourth-order valence-electron chi connectivity index (χ4n) is 0.488. The first-order chi connectivity index (χ1) is 4.72. The van der Waals surface area contributed by atoms with Crippen LogP contribution in [-0.2, 0) is 4.79 Å². The van der Waals surface area contributed by atoms with Gasteiger partial charge in [0.15, 0.2) is 0 Å². The molecule has 0 aliphatic heterocycles. The lowest BCUT2D eigenvalue weighted by atomic mass is 10.3. The molecule has 1 rings (SSSR count). The van der Waals surface area contributed by atoms with Crippen LogP contribution in [0.2, 0.25) is 0 Å². The molecule has 5 nitrogen and oxygen atoms in total. The first-order valence-electron chi connectivity index (χ1n) is 2.55. The summed E-state index contributed by atoms with van der Waals surface area (Å²) >= 11 is 3.88. The molecule has 0 radical (unpaired) electrons. The molecule has 6 heteroatoms. The van der Waals surface area contributed by atoms with Crippen LogP contribution in [0.5, 0.6) is 0 Å². The summed E-state index contributed by atoms with van der Waals surface area (Å²) in [6.45, 7) is 0. The van der Waals surface area contributed by atoms with E-state index in [1.54, 1.807) is 0 Å². The van der Waals surface area contributed by atoms with E-state index in [4.69, 9.17) is 5.73 Å². The highest BCUT2D eigenvalue weighted by molar-refractivity contribution is 7.81. The molecular formula is C4H6N4OS. The van der Waals surface area contributed by atoms with Gasteiger partial charge in [-0.3, -0.25) is 4.79 Å². The molecule has 0 bridgehead atoms. The number of nitrogens with one attached hydrogen (secondary N) is 1. The highest BCUT2D eigenvalue weighted by atomic mass is 32.1. The Labute approximate surface area is 62.4 Å². The van der Waals surface area contributed by atoms with Crippen molar-refractivity contribution in [3.63, 3.8) is 0 Å². The van der Waals surface area contributed by atoms with E-state index in [2.05, 4.69) is 28.0 Å². The number of hydrogen-bond acceptors (Lipinski definition) is 4. The lowest BCUT2D eigenvalue weighted by molar-refractivity contribution is -0.117. The lowest BCUT2D eigenvalue weighted by Gasteiger charge is -1.98. The van der Waals surface area contributed by atoms with Crippen molar-refractivity contribution in [1.29, 1.82) is 0 Å². The molecular weight excluding hydrogens is 152 g/mol. The van der Waals surface area contributed by atoms with Gasteiger partial charge in [-0.15, -0.1) is 0 Å². The Morgan fingerprint density at radius 2 is 2.60 bits per heavy atom. The number of aromatic nitrogens is 3. The summed E-state index contributed by atoms with van der Waals surface area (Å²) in [5.41, 5.74) is 5.37. The van der Waals surface area contributed by atoms with Gasteiger partial charge >= 0.3 is 0 Å². The maximum Gasteiger partial charge on any atom is 0.236 e. The van der Waals surface area contributed by atoms with Gasteiger partial charge in [0.25, 0.3) is 0 Å². The number of nitrogens with zero attached hydrogens (tertiary/aromatic N) is 2. The maximum atomic E-state index is 10.5. The molecule has 0 spiro atoms. The molecule has 0 aliphatic rings. The molecule has 1 amide bonds. The van der Waals surface area contributed by atoms with E-state index in [-0.39, 0.29) is 0 Å². The van der Waals surface area contributed by atoms with E-state index in [0.29, 0.717) is 5.69 Å². The first kappa shape index (κ1) is 7.07. The van der Waals surface area contributed by atoms with Crippen LogP contribution in [0.15, 0.2) is 6.20 Å². The average Bonchev–Trinajstić information content (AvgIpc) is 2.36. The topological polar surface area (TPSA) is 84.7 Å². The third kappa shape index (κ3) is 1.27. The number of rotatable bonds is 2. The molecule has 1 aromatic rings. The van der Waals surface area contributed by atoms with Crippen molar-refractivity contribution >= 4 is 18.5 Å². The second kappa shape index (κ2) is 2.70. The van der Waals surface area contributed by atoms with Gasteiger partial charge < -0.3 is 5.73 Å². The van der Waals surface area contributed by atoms with Crippen molar-refractivity contribution in [2.75, 3.05) is 0 Å². The minimum absolute atomic E-state index is 0.441. The minimum atomic E-state index is -0.668.